The molecule has 0 aliphatic carbocycles. The Kier molecular flexibility index (Phi) is 3.83. The van der Waals surface area contributed by atoms with E-state index in [0.717, 1.165) is 0 Å². The van der Waals surface area contributed by atoms with Crippen LogP contribution in [0.3, 0.4) is 0 Å². The second kappa shape index (κ2) is 4.76. The molecule has 1 aromatic rings. The van der Waals surface area contributed by atoms with Gasteiger partial charge in [-0.15, -0.1) is 0 Å². The molecule has 1 heterocycles. The van der Waals surface area contributed by atoms with Crippen LogP contribution in [-0.2, 0) is 0 Å². The van der Waals surface area contributed by atoms with E-state index >= 15 is 0 Å². The van der Waals surface area contributed by atoms with Crippen LogP contribution in [0.5, 0.6) is 0 Å². The maximum atomic E-state index is 8.72. The standard InChI is InChI=1S/C10H14BrN5/c1-10(2,3)6-16(13)9-7(11)5-14-8(4-12)15-9/h5H,6,13H2,1-3H3. The van der Waals surface area contributed by atoms with Gasteiger partial charge in [0.1, 0.15) is 6.07 Å². The van der Waals surface area contributed by atoms with Crippen molar-refractivity contribution in [3.8, 4) is 6.07 Å². The van der Waals surface area contributed by atoms with E-state index in [1.807, 2.05) is 6.07 Å². The van der Waals surface area contributed by atoms with E-state index in [2.05, 4.69) is 46.7 Å². The minimum Gasteiger partial charge on any atom is -0.293 e. The number of nitriles is 1. The zero-order valence-electron chi connectivity index (χ0n) is 9.53. The highest BCUT2D eigenvalue weighted by molar-refractivity contribution is 9.10. The Morgan fingerprint density at radius 1 is 1.56 bits per heavy atom. The summed E-state index contributed by atoms with van der Waals surface area (Å²) in [7, 11) is 0. The summed E-state index contributed by atoms with van der Waals surface area (Å²) in [4.78, 5) is 7.89. The first-order chi connectivity index (χ1) is 7.33. The molecule has 0 fully saturated rings. The van der Waals surface area contributed by atoms with Crippen molar-refractivity contribution in [2.24, 2.45) is 11.3 Å². The molecule has 0 radical (unpaired) electrons. The van der Waals surface area contributed by atoms with Crippen LogP contribution in [0.1, 0.15) is 26.6 Å². The molecule has 0 aromatic carbocycles. The molecule has 0 spiro atoms. The number of hydrogen-bond acceptors (Lipinski definition) is 5. The SMILES string of the molecule is CC(C)(C)CN(N)c1nc(C#N)ncc1Br. The van der Waals surface area contributed by atoms with Gasteiger partial charge in [-0.3, -0.25) is 5.01 Å². The van der Waals surface area contributed by atoms with Gasteiger partial charge in [0, 0.05) is 12.7 Å². The lowest BCUT2D eigenvalue weighted by molar-refractivity contribution is 0.410. The average molecular weight is 284 g/mol. The third kappa shape index (κ3) is 3.43. The summed E-state index contributed by atoms with van der Waals surface area (Å²) in [6.45, 7) is 6.86. The molecule has 0 saturated heterocycles. The molecule has 86 valence electrons. The van der Waals surface area contributed by atoms with Crippen molar-refractivity contribution in [1.82, 2.24) is 9.97 Å². The van der Waals surface area contributed by atoms with E-state index in [-0.39, 0.29) is 11.2 Å². The zero-order valence-corrected chi connectivity index (χ0v) is 11.1. The predicted octanol–water partition coefficient (Wildman–Crippen LogP) is 1.84. The lowest BCUT2D eigenvalue weighted by atomic mass is 9.97. The average Bonchev–Trinajstić information content (AvgIpc) is 2.15. The highest BCUT2D eigenvalue weighted by Crippen LogP contribution is 2.24. The molecule has 6 heteroatoms. The van der Waals surface area contributed by atoms with E-state index in [1.165, 1.54) is 11.2 Å². The monoisotopic (exact) mass is 283 g/mol. The van der Waals surface area contributed by atoms with Crippen molar-refractivity contribution in [2.75, 3.05) is 11.6 Å². The number of halogens is 1. The molecule has 1 rings (SSSR count). The molecule has 0 aliphatic rings. The van der Waals surface area contributed by atoms with Crippen LogP contribution >= 0.6 is 15.9 Å². The predicted molar refractivity (Wildman–Crippen MR) is 65.4 cm³/mol. The smallest absolute Gasteiger partial charge is 0.234 e. The zero-order chi connectivity index (χ0) is 12.3. The largest absolute Gasteiger partial charge is 0.293 e. The van der Waals surface area contributed by atoms with Gasteiger partial charge in [0.2, 0.25) is 5.82 Å². The minimum atomic E-state index is 0.0476. The lowest BCUT2D eigenvalue weighted by Crippen LogP contribution is -2.39. The van der Waals surface area contributed by atoms with E-state index in [9.17, 15) is 0 Å². The Hall–Kier alpha value is -1.19. The number of hydrogen-bond donors (Lipinski definition) is 1. The Balaban J connectivity index is 2.99. The van der Waals surface area contributed by atoms with Gasteiger partial charge < -0.3 is 0 Å². The van der Waals surface area contributed by atoms with E-state index < -0.39 is 0 Å². The van der Waals surface area contributed by atoms with Crippen LogP contribution in [0.2, 0.25) is 0 Å². The van der Waals surface area contributed by atoms with Gasteiger partial charge in [0.25, 0.3) is 0 Å². The Morgan fingerprint density at radius 3 is 2.69 bits per heavy atom. The van der Waals surface area contributed by atoms with Crippen molar-refractivity contribution in [3.63, 3.8) is 0 Å². The highest BCUT2D eigenvalue weighted by Gasteiger charge is 2.17. The molecular formula is C10H14BrN5. The molecule has 0 saturated carbocycles. The highest BCUT2D eigenvalue weighted by atomic mass is 79.9. The third-order valence-electron chi connectivity index (χ3n) is 1.74. The maximum Gasteiger partial charge on any atom is 0.234 e. The molecular weight excluding hydrogens is 270 g/mol. The normalized spacial score (nSPS) is 11.0. The first-order valence-corrected chi connectivity index (χ1v) is 5.57. The summed E-state index contributed by atoms with van der Waals surface area (Å²) in [6.07, 6.45) is 1.53. The number of rotatable bonds is 2. The number of hydrazine groups is 1. The summed E-state index contributed by atoms with van der Waals surface area (Å²) < 4.78 is 0.679. The molecule has 0 amide bonds. The van der Waals surface area contributed by atoms with E-state index in [1.54, 1.807) is 0 Å². The molecule has 0 bridgehead atoms. The van der Waals surface area contributed by atoms with Gasteiger partial charge in [-0.05, 0) is 21.3 Å². The summed E-state index contributed by atoms with van der Waals surface area (Å²) in [5.41, 5.74) is 0.0476. The number of aromatic nitrogens is 2. The Labute approximate surface area is 103 Å². The van der Waals surface area contributed by atoms with Gasteiger partial charge in [-0.1, -0.05) is 20.8 Å². The molecule has 5 nitrogen and oxygen atoms in total. The fourth-order valence-electron chi connectivity index (χ4n) is 1.20. The number of nitrogens with two attached hydrogens (primary N) is 1. The summed E-state index contributed by atoms with van der Waals surface area (Å²) in [5.74, 6) is 6.55. The second-order valence-corrected chi connectivity index (χ2v) is 5.52. The quantitative estimate of drug-likeness (QED) is 0.662. The fraction of sp³-hybridized carbons (Fsp3) is 0.500. The molecule has 0 unspecified atom stereocenters. The second-order valence-electron chi connectivity index (χ2n) is 4.67. The summed E-state index contributed by atoms with van der Waals surface area (Å²) >= 11 is 3.31. The van der Waals surface area contributed by atoms with Gasteiger partial charge >= 0.3 is 0 Å². The third-order valence-corrected chi connectivity index (χ3v) is 2.30. The first kappa shape index (κ1) is 12.9. The Morgan fingerprint density at radius 2 is 2.19 bits per heavy atom. The van der Waals surface area contributed by atoms with Crippen LogP contribution in [0.4, 0.5) is 5.82 Å². The molecule has 0 aliphatic heterocycles. The topological polar surface area (TPSA) is 78.8 Å². The van der Waals surface area contributed by atoms with Gasteiger partial charge in [0.15, 0.2) is 5.82 Å². The number of anilines is 1. The number of nitrogens with zero attached hydrogens (tertiary/aromatic N) is 4. The van der Waals surface area contributed by atoms with Gasteiger partial charge in [0.05, 0.1) is 4.47 Å². The molecule has 2 N–H and O–H groups in total. The molecule has 1 aromatic heterocycles. The van der Waals surface area contributed by atoms with Crippen molar-refractivity contribution < 1.29 is 0 Å². The molecule has 0 atom stereocenters. The van der Waals surface area contributed by atoms with Gasteiger partial charge in [-0.2, -0.15) is 10.2 Å². The van der Waals surface area contributed by atoms with Crippen molar-refractivity contribution >= 4 is 21.7 Å². The van der Waals surface area contributed by atoms with Crippen LogP contribution in [0.15, 0.2) is 10.7 Å². The van der Waals surface area contributed by atoms with Crippen LogP contribution in [0.25, 0.3) is 0 Å². The van der Waals surface area contributed by atoms with Crippen molar-refractivity contribution in [1.29, 1.82) is 5.26 Å². The van der Waals surface area contributed by atoms with Gasteiger partial charge in [-0.25, -0.2) is 10.8 Å². The van der Waals surface area contributed by atoms with Crippen LogP contribution < -0.4 is 10.9 Å². The van der Waals surface area contributed by atoms with Crippen molar-refractivity contribution in [3.05, 3.63) is 16.5 Å². The Bertz CT molecular complexity index is 418. The minimum absolute atomic E-state index is 0.0476. The summed E-state index contributed by atoms with van der Waals surface area (Å²) in [6, 6.07) is 1.89. The fourth-order valence-corrected chi connectivity index (χ4v) is 1.62. The maximum absolute atomic E-state index is 8.72. The van der Waals surface area contributed by atoms with Crippen molar-refractivity contribution in [2.45, 2.75) is 20.8 Å². The van der Waals surface area contributed by atoms with E-state index in [0.29, 0.717) is 16.8 Å². The molecule has 16 heavy (non-hydrogen) atoms. The lowest BCUT2D eigenvalue weighted by Gasteiger charge is -2.27. The van der Waals surface area contributed by atoms with Crippen LogP contribution in [-0.4, -0.2) is 16.5 Å². The summed E-state index contributed by atoms with van der Waals surface area (Å²) in [5, 5.41) is 10.2. The first-order valence-electron chi connectivity index (χ1n) is 4.78. The van der Waals surface area contributed by atoms with E-state index in [4.69, 9.17) is 11.1 Å². The van der Waals surface area contributed by atoms with Crippen LogP contribution in [0, 0.1) is 16.7 Å².